The summed E-state index contributed by atoms with van der Waals surface area (Å²) in [6.45, 7) is -0.986. The lowest BCUT2D eigenvalue weighted by atomic mass is 10.0. The molecule has 4 aromatic rings. The highest BCUT2D eigenvalue weighted by Gasteiger charge is 2.34. The number of aromatic amines is 1. The van der Waals surface area contributed by atoms with Crippen LogP contribution in [0, 0.1) is 0 Å². The maximum atomic E-state index is 13.3. The van der Waals surface area contributed by atoms with Crippen LogP contribution in [0.5, 0.6) is 0 Å². The largest absolute Gasteiger partial charge is 0.445 e. The van der Waals surface area contributed by atoms with Crippen molar-refractivity contribution in [2.75, 3.05) is 13.3 Å². The molecule has 0 saturated carbocycles. The Kier molecular flexibility index (Phi) is 15.0. The topological polar surface area (TPSA) is 148 Å². The second-order valence-electron chi connectivity index (χ2n) is 11.0. The van der Waals surface area contributed by atoms with Crippen molar-refractivity contribution in [2.45, 2.75) is 51.2 Å². The number of amides is 2. The van der Waals surface area contributed by atoms with Gasteiger partial charge in [0.25, 0.3) is 5.56 Å². The van der Waals surface area contributed by atoms with Gasteiger partial charge in [0.15, 0.2) is 0 Å². The molecule has 272 valence electrons. The molecular formula is C32H31Cl4F2N6O6P. The van der Waals surface area contributed by atoms with E-state index >= 15 is 0 Å². The van der Waals surface area contributed by atoms with E-state index in [4.69, 9.17) is 21.1 Å². The molecule has 19 heteroatoms. The summed E-state index contributed by atoms with van der Waals surface area (Å²) >= 11 is 19.9. The molecular weight excluding hydrogens is 775 g/mol. The first-order valence-corrected chi connectivity index (χ1v) is 20.0. The summed E-state index contributed by atoms with van der Waals surface area (Å²) in [5, 5.41) is -2.94. The van der Waals surface area contributed by atoms with E-state index in [2.05, 4.69) is 53.7 Å². The fourth-order valence-electron chi connectivity index (χ4n) is 5.13. The Labute approximate surface area is 310 Å². The van der Waals surface area contributed by atoms with Crippen molar-refractivity contribution in [3.63, 3.8) is 0 Å². The van der Waals surface area contributed by atoms with E-state index in [1.165, 1.54) is 22.5 Å². The molecule has 2 aromatic heterocycles. The minimum atomic E-state index is -3.22. The van der Waals surface area contributed by atoms with Crippen LogP contribution in [0.2, 0.25) is 5.15 Å². The Bertz CT molecular complexity index is 1870. The lowest BCUT2D eigenvalue weighted by molar-refractivity contribution is 0.0657. The van der Waals surface area contributed by atoms with E-state index in [0.717, 1.165) is 11.1 Å². The Hall–Kier alpha value is -3.81. The van der Waals surface area contributed by atoms with Gasteiger partial charge < -0.3 is 14.5 Å². The average Bonchev–Trinajstić information content (AvgIpc) is 3.12. The van der Waals surface area contributed by atoms with Gasteiger partial charge in [0.05, 0.1) is 48.5 Å². The van der Waals surface area contributed by atoms with E-state index in [1.807, 2.05) is 60.7 Å². The predicted octanol–water partition coefficient (Wildman–Crippen LogP) is 7.78. The number of nitrogens with zero attached hydrogens (tertiary/aromatic N) is 5. The molecule has 0 bridgehead atoms. The Morgan fingerprint density at radius 1 is 0.784 bits per heavy atom. The molecule has 6 rings (SSSR count). The van der Waals surface area contributed by atoms with Gasteiger partial charge in [-0.3, -0.25) is 19.2 Å². The number of fused-ring (bicyclic) bond motifs is 2. The summed E-state index contributed by atoms with van der Waals surface area (Å²) in [6.07, 6.45) is 1.94. The average molecular weight is 806 g/mol. The van der Waals surface area contributed by atoms with Gasteiger partial charge in [0, 0.05) is 18.4 Å². The number of benzene rings is 2. The first-order chi connectivity index (χ1) is 24.4. The molecule has 0 saturated heterocycles. The standard InChI is InChI=1S/C16H15ClFN3O2.C16H16FN3O3.Cl3OP/c17-15-13-8-21(12(7-18)6-14(13)19-10-20-15)16(22)23-9-11-4-2-1-3-5-11;17-7-12-6-14-13(15(21)19-10-18-14)8-20(12)16(22)23-9-11-4-2-1-3-5-11;1-5(2,3)4/h1-5,10,12H,6-9H2;1-5,10,12H,6-9H2,(H,18,19,21);. The van der Waals surface area contributed by atoms with E-state index < -0.39 is 42.8 Å². The molecule has 1 N–H and O–H groups in total. The second kappa shape index (κ2) is 19.1. The number of hydrogen-bond donors (Lipinski definition) is 1. The van der Waals surface area contributed by atoms with Crippen LogP contribution in [-0.2, 0) is 53.2 Å². The summed E-state index contributed by atoms with van der Waals surface area (Å²) in [7, 11) is 0. The third-order valence-electron chi connectivity index (χ3n) is 7.65. The molecule has 0 spiro atoms. The van der Waals surface area contributed by atoms with E-state index in [-0.39, 0.29) is 43.4 Å². The maximum absolute atomic E-state index is 13.3. The van der Waals surface area contributed by atoms with Gasteiger partial charge in [0.2, 0.25) is 0 Å². The van der Waals surface area contributed by atoms with Crippen molar-refractivity contribution in [3.8, 4) is 0 Å². The minimum Gasteiger partial charge on any atom is -0.445 e. The SMILES string of the molecule is O=C(OCc1ccccc1)N1Cc2c(Cl)ncnc2CC1CF.O=C(OCc1ccccc1)N1Cc2c(nc[nH]c2=O)CC1CF.O=P(Cl)(Cl)Cl. The van der Waals surface area contributed by atoms with Crippen LogP contribution in [0.15, 0.2) is 78.1 Å². The molecule has 0 aliphatic carbocycles. The molecule has 2 amide bonds. The van der Waals surface area contributed by atoms with E-state index in [1.54, 1.807) is 0 Å². The molecule has 4 heterocycles. The van der Waals surface area contributed by atoms with Gasteiger partial charge >= 0.3 is 17.4 Å². The molecule has 2 aliphatic heterocycles. The van der Waals surface area contributed by atoms with Crippen LogP contribution < -0.4 is 5.56 Å². The zero-order valence-electron chi connectivity index (χ0n) is 26.6. The molecule has 51 heavy (non-hydrogen) atoms. The van der Waals surface area contributed by atoms with Crippen LogP contribution in [0.4, 0.5) is 18.4 Å². The summed E-state index contributed by atoms with van der Waals surface area (Å²) in [5.41, 5.74) is 3.65. The van der Waals surface area contributed by atoms with Crippen LogP contribution in [-0.4, -0.2) is 67.4 Å². The number of halogens is 6. The van der Waals surface area contributed by atoms with Gasteiger partial charge in [-0.1, -0.05) is 72.3 Å². The highest BCUT2D eigenvalue weighted by Crippen LogP contribution is 2.61. The fourth-order valence-corrected chi connectivity index (χ4v) is 5.35. The Morgan fingerprint density at radius 2 is 1.24 bits per heavy atom. The fraction of sp³-hybridized carbons (Fsp3) is 0.312. The van der Waals surface area contributed by atoms with Crippen LogP contribution in [0.25, 0.3) is 0 Å². The molecule has 0 fully saturated rings. The molecule has 2 aliphatic rings. The number of H-pyrrole nitrogens is 1. The first kappa shape index (κ1) is 40.0. The van der Waals surface area contributed by atoms with Gasteiger partial charge in [-0.25, -0.2) is 33.3 Å². The van der Waals surface area contributed by atoms with Crippen molar-refractivity contribution < 1.29 is 32.4 Å². The maximum Gasteiger partial charge on any atom is 0.410 e. The van der Waals surface area contributed by atoms with Crippen molar-refractivity contribution in [3.05, 3.63) is 122 Å². The minimum absolute atomic E-state index is 0.000711. The van der Waals surface area contributed by atoms with Crippen molar-refractivity contribution in [1.82, 2.24) is 29.7 Å². The number of rotatable bonds is 6. The van der Waals surface area contributed by atoms with Gasteiger partial charge in [-0.2, -0.15) is 0 Å². The summed E-state index contributed by atoms with van der Waals surface area (Å²) < 4.78 is 46.6. The quantitative estimate of drug-likeness (QED) is 0.152. The number of carbonyl (C=O) groups is 2. The monoisotopic (exact) mass is 804 g/mol. The lowest BCUT2D eigenvalue weighted by Crippen LogP contribution is -2.47. The molecule has 2 aromatic carbocycles. The summed E-state index contributed by atoms with van der Waals surface area (Å²) in [6, 6.07) is 17.3. The number of nitrogens with one attached hydrogen (secondary N) is 1. The van der Waals surface area contributed by atoms with E-state index in [9.17, 15) is 27.7 Å². The predicted molar refractivity (Wildman–Crippen MR) is 188 cm³/mol. The van der Waals surface area contributed by atoms with Crippen LogP contribution in [0.1, 0.15) is 33.6 Å². The molecule has 0 radical (unpaired) electrons. The van der Waals surface area contributed by atoms with Crippen molar-refractivity contribution in [1.29, 1.82) is 0 Å². The Morgan fingerprint density at radius 3 is 1.71 bits per heavy atom. The lowest BCUT2D eigenvalue weighted by Gasteiger charge is -2.34. The molecule has 2 unspecified atom stereocenters. The van der Waals surface area contributed by atoms with Gasteiger partial charge in [-0.05, 0) is 44.8 Å². The first-order valence-electron chi connectivity index (χ1n) is 15.2. The number of ether oxygens (including phenoxy) is 2. The number of hydrogen-bond acceptors (Lipinski definition) is 9. The van der Waals surface area contributed by atoms with Crippen LogP contribution in [0.3, 0.4) is 0 Å². The number of aromatic nitrogens is 4. The zero-order chi connectivity index (χ0) is 37.0. The van der Waals surface area contributed by atoms with E-state index in [0.29, 0.717) is 28.9 Å². The van der Waals surface area contributed by atoms with Gasteiger partial charge in [-0.15, -0.1) is 0 Å². The van der Waals surface area contributed by atoms with Crippen molar-refractivity contribution >= 4 is 62.7 Å². The third-order valence-corrected chi connectivity index (χ3v) is 7.98. The Balaban J connectivity index is 0.000000202. The van der Waals surface area contributed by atoms with Gasteiger partial charge in [0.1, 0.15) is 38.0 Å². The highest BCUT2D eigenvalue weighted by atomic mass is 36.0. The summed E-state index contributed by atoms with van der Waals surface area (Å²) in [5.74, 6) is 0. The smallest absolute Gasteiger partial charge is 0.410 e. The van der Waals surface area contributed by atoms with Crippen molar-refractivity contribution in [2.24, 2.45) is 0 Å². The molecule has 2 atom stereocenters. The van der Waals surface area contributed by atoms with Crippen LogP contribution >= 0.6 is 50.5 Å². The second-order valence-corrected chi connectivity index (χ2v) is 18.0. The zero-order valence-corrected chi connectivity index (χ0v) is 30.6. The number of alkyl halides is 2. The third kappa shape index (κ3) is 12.1. The number of carbonyl (C=O) groups excluding carboxylic acids is 2. The normalized spacial score (nSPS) is 16.3. The molecule has 12 nitrogen and oxygen atoms in total. The highest BCUT2D eigenvalue weighted by molar-refractivity contribution is 8.24. The summed E-state index contributed by atoms with van der Waals surface area (Å²) in [4.78, 5) is 53.6.